The Hall–Kier alpha value is -1.31. The van der Waals surface area contributed by atoms with Gasteiger partial charge in [0.25, 0.3) is 0 Å². The van der Waals surface area contributed by atoms with E-state index in [0.29, 0.717) is 0 Å². The molecule has 1 rings (SSSR count). The Labute approximate surface area is 85.6 Å². The Morgan fingerprint density at radius 3 is 2.43 bits per heavy atom. The lowest BCUT2D eigenvalue weighted by atomic mass is 9.77. The normalized spacial score (nSPS) is 14.8. The van der Waals surface area contributed by atoms with Crippen molar-refractivity contribution in [1.29, 1.82) is 5.41 Å². The van der Waals surface area contributed by atoms with Crippen LogP contribution in [0.5, 0.6) is 0 Å². The molecule has 0 fully saturated rings. The standard InChI is InChI=1S/C12H18N2/c1-4-12(3,11(13)14)10-8-6-5-7-9(10)2/h5-8H,4H2,1-3H3,(H3,13,14). The van der Waals surface area contributed by atoms with Crippen molar-refractivity contribution in [3.63, 3.8) is 0 Å². The molecule has 2 nitrogen and oxygen atoms in total. The highest BCUT2D eigenvalue weighted by Crippen LogP contribution is 2.29. The molecule has 0 aliphatic carbocycles. The van der Waals surface area contributed by atoms with Gasteiger partial charge in [-0.15, -0.1) is 0 Å². The van der Waals surface area contributed by atoms with E-state index in [-0.39, 0.29) is 11.3 Å². The Morgan fingerprint density at radius 1 is 1.43 bits per heavy atom. The predicted molar refractivity (Wildman–Crippen MR) is 60.7 cm³/mol. The van der Waals surface area contributed by atoms with Crippen LogP contribution in [0.25, 0.3) is 0 Å². The summed E-state index contributed by atoms with van der Waals surface area (Å²) in [5.74, 6) is 0.245. The molecule has 1 aromatic carbocycles. The molecule has 0 amide bonds. The van der Waals surface area contributed by atoms with E-state index in [1.165, 1.54) is 5.56 Å². The van der Waals surface area contributed by atoms with Gasteiger partial charge in [-0.1, -0.05) is 31.2 Å². The maximum Gasteiger partial charge on any atom is 0.101 e. The summed E-state index contributed by atoms with van der Waals surface area (Å²) in [7, 11) is 0. The Balaban J connectivity index is 3.26. The van der Waals surface area contributed by atoms with Crippen LogP contribution in [0.3, 0.4) is 0 Å². The van der Waals surface area contributed by atoms with E-state index < -0.39 is 0 Å². The number of hydrogen-bond acceptors (Lipinski definition) is 1. The summed E-state index contributed by atoms with van der Waals surface area (Å²) in [6.07, 6.45) is 0.854. The smallest absolute Gasteiger partial charge is 0.101 e. The minimum absolute atomic E-state index is 0.245. The average molecular weight is 190 g/mol. The zero-order valence-electron chi connectivity index (χ0n) is 9.09. The first-order chi connectivity index (χ1) is 6.52. The maximum absolute atomic E-state index is 7.66. The third-order valence-corrected chi connectivity index (χ3v) is 3.04. The van der Waals surface area contributed by atoms with Crippen molar-refractivity contribution < 1.29 is 0 Å². The minimum Gasteiger partial charge on any atom is -0.387 e. The number of aryl methyl sites for hydroxylation is 1. The minimum atomic E-state index is -0.314. The summed E-state index contributed by atoms with van der Waals surface area (Å²) < 4.78 is 0. The highest BCUT2D eigenvalue weighted by Gasteiger charge is 2.29. The lowest BCUT2D eigenvalue weighted by molar-refractivity contribution is 0.600. The molecular weight excluding hydrogens is 172 g/mol. The molecule has 14 heavy (non-hydrogen) atoms. The van der Waals surface area contributed by atoms with Gasteiger partial charge in [0.05, 0.1) is 0 Å². The molecule has 0 spiro atoms. The van der Waals surface area contributed by atoms with Crippen molar-refractivity contribution in [3.05, 3.63) is 35.4 Å². The van der Waals surface area contributed by atoms with Crippen LogP contribution in [-0.2, 0) is 5.41 Å². The molecule has 0 aliphatic heterocycles. The molecule has 0 bridgehead atoms. The first-order valence-electron chi connectivity index (χ1n) is 4.93. The molecule has 2 heteroatoms. The van der Waals surface area contributed by atoms with Gasteiger partial charge in [-0.25, -0.2) is 0 Å². The number of rotatable bonds is 3. The van der Waals surface area contributed by atoms with Gasteiger partial charge in [0, 0.05) is 5.41 Å². The van der Waals surface area contributed by atoms with E-state index in [4.69, 9.17) is 11.1 Å². The predicted octanol–water partition coefficient (Wildman–Crippen LogP) is 2.60. The van der Waals surface area contributed by atoms with Gasteiger partial charge in [0.2, 0.25) is 0 Å². The van der Waals surface area contributed by atoms with Crippen LogP contribution in [-0.4, -0.2) is 5.84 Å². The van der Waals surface area contributed by atoms with Gasteiger partial charge in [0.1, 0.15) is 5.84 Å². The summed E-state index contributed by atoms with van der Waals surface area (Å²) in [6, 6.07) is 8.13. The van der Waals surface area contributed by atoms with Crippen molar-refractivity contribution in [2.75, 3.05) is 0 Å². The molecule has 0 aliphatic rings. The first-order valence-corrected chi connectivity index (χ1v) is 4.93. The highest BCUT2D eigenvalue weighted by atomic mass is 14.7. The van der Waals surface area contributed by atoms with Gasteiger partial charge < -0.3 is 5.73 Å². The largest absolute Gasteiger partial charge is 0.387 e. The number of benzene rings is 1. The topological polar surface area (TPSA) is 49.9 Å². The van der Waals surface area contributed by atoms with Crippen LogP contribution >= 0.6 is 0 Å². The second-order valence-corrected chi connectivity index (χ2v) is 3.91. The summed E-state index contributed by atoms with van der Waals surface area (Å²) in [5, 5.41) is 7.66. The lowest BCUT2D eigenvalue weighted by Gasteiger charge is -2.28. The molecule has 76 valence electrons. The summed E-state index contributed by atoms with van der Waals surface area (Å²) in [5.41, 5.74) is 7.71. The molecule has 3 N–H and O–H groups in total. The summed E-state index contributed by atoms with van der Waals surface area (Å²) in [6.45, 7) is 6.15. The third-order valence-electron chi connectivity index (χ3n) is 3.04. The third kappa shape index (κ3) is 1.65. The molecule has 1 unspecified atom stereocenters. The molecule has 1 aromatic rings. The van der Waals surface area contributed by atoms with Crippen molar-refractivity contribution in [2.45, 2.75) is 32.6 Å². The Morgan fingerprint density at radius 2 is 2.00 bits per heavy atom. The van der Waals surface area contributed by atoms with Gasteiger partial charge in [0.15, 0.2) is 0 Å². The summed E-state index contributed by atoms with van der Waals surface area (Å²) in [4.78, 5) is 0. The van der Waals surface area contributed by atoms with Crippen molar-refractivity contribution in [3.8, 4) is 0 Å². The number of nitrogens with two attached hydrogens (primary N) is 1. The van der Waals surface area contributed by atoms with Crippen LogP contribution in [0, 0.1) is 12.3 Å². The van der Waals surface area contributed by atoms with Gasteiger partial charge in [-0.2, -0.15) is 0 Å². The lowest BCUT2D eigenvalue weighted by Crippen LogP contribution is -2.37. The van der Waals surface area contributed by atoms with Crippen molar-refractivity contribution in [2.24, 2.45) is 5.73 Å². The van der Waals surface area contributed by atoms with Crippen LogP contribution in [0.4, 0.5) is 0 Å². The zero-order chi connectivity index (χ0) is 10.8. The van der Waals surface area contributed by atoms with Gasteiger partial charge in [-0.3, -0.25) is 5.41 Å². The van der Waals surface area contributed by atoms with Gasteiger partial charge in [-0.05, 0) is 31.4 Å². The number of hydrogen-bond donors (Lipinski definition) is 2. The first kappa shape index (κ1) is 10.8. The molecule has 1 atom stereocenters. The van der Waals surface area contributed by atoms with Gasteiger partial charge >= 0.3 is 0 Å². The number of nitrogens with one attached hydrogen (secondary N) is 1. The average Bonchev–Trinajstić information content (AvgIpc) is 2.17. The molecule has 0 aromatic heterocycles. The van der Waals surface area contributed by atoms with Crippen molar-refractivity contribution in [1.82, 2.24) is 0 Å². The second-order valence-electron chi connectivity index (χ2n) is 3.91. The zero-order valence-corrected chi connectivity index (χ0v) is 9.09. The SMILES string of the molecule is CCC(C)(C(=N)N)c1ccccc1C. The Kier molecular flexibility index (Phi) is 2.94. The van der Waals surface area contributed by atoms with Crippen LogP contribution in [0.1, 0.15) is 31.4 Å². The molecule has 0 radical (unpaired) electrons. The van der Waals surface area contributed by atoms with E-state index >= 15 is 0 Å². The highest BCUT2D eigenvalue weighted by molar-refractivity contribution is 5.89. The van der Waals surface area contributed by atoms with E-state index in [9.17, 15) is 0 Å². The molecule has 0 saturated carbocycles. The van der Waals surface area contributed by atoms with E-state index in [1.807, 2.05) is 19.1 Å². The monoisotopic (exact) mass is 190 g/mol. The van der Waals surface area contributed by atoms with Crippen LogP contribution in [0.15, 0.2) is 24.3 Å². The molecular formula is C12H18N2. The van der Waals surface area contributed by atoms with Crippen LogP contribution < -0.4 is 5.73 Å². The van der Waals surface area contributed by atoms with Crippen molar-refractivity contribution >= 4 is 5.84 Å². The van der Waals surface area contributed by atoms with E-state index in [0.717, 1.165) is 12.0 Å². The van der Waals surface area contributed by atoms with Crippen LogP contribution in [0.2, 0.25) is 0 Å². The molecule has 0 saturated heterocycles. The fourth-order valence-corrected chi connectivity index (χ4v) is 1.72. The molecule has 0 heterocycles. The quantitative estimate of drug-likeness (QED) is 0.558. The van der Waals surface area contributed by atoms with E-state index in [2.05, 4.69) is 26.0 Å². The number of amidine groups is 1. The fourth-order valence-electron chi connectivity index (χ4n) is 1.72. The second kappa shape index (κ2) is 3.82. The van der Waals surface area contributed by atoms with E-state index in [1.54, 1.807) is 0 Å². The summed E-state index contributed by atoms with van der Waals surface area (Å²) >= 11 is 0. The Bertz CT molecular complexity index is 344. The maximum atomic E-state index is 7.66. The fraction of sp³-hybridized carbons (Fsp3) is 0.417.